The van der Waals surface area contributed by atoms with E-state index in [4.69, 9.17) is 11.6 Å². The van der Waals surface area contributed by atoms with Crippen LogP contribution < -0.4 is 20.4 Å². The molecule has 0 bridgehead atoms. The average Bonchev–Trinajstić information content (AvgIpc) is 2.71. The zero-order valence-electron chi connectivity index (χ0n) is 19.4. The number of carbonyl (C=O) groups is 2. The summed E-state index contributed by atoms with van der Waals surface area (Å²) in [5.41, 5.74) is 0.713. The number of benzene rings is 1. The van der Waals surface area contributed by atoms with E-state index < -0.39 is 0 Å². The number of piperazine rings is 1. The number of quaternary nitrogens is 2. The molecule has 7 heteroatoms. The number of hydrogen-bond acceptors (Lipinski definition) is 2. The van der Waals surface area contributed by atoms with Gasteiger partial charge < -0.3 is 15.5 Å². The van der Waals surface area contributed by atoms with Gasteiger partial charge in [-0.1, -0.05) is 37.6 Å². The summed E-state index contributed by atoms with van der Waals surface area (Å²) in [4.78, 5) is 28.8. The van der Waals surface area contributed by atoms with Crippen molar-refractivity contribution in [3.8, 4) is 0 Å². The summed E-state index contributed by atoms with van der Waals surface area (Å²) in [5.74, 6) is 1.40. The summed E-state index contributed by atoms with van der Waals surface area (Å²) in [7, 11) is 0. The largest absolute Gasteiger partial charge is 0.356 e. The van der Waals surface area contributed by atoms with Gasteiger partial charge in [0.25, 0.3) is 5.91 Å². The Hall–Kier alpha value is -1.63. The van der Waals surface area contributed by atoms with Gasteiger partial charge in [-0.25, -0.2) is 0 Å². The Balaban J connectivity index is 1.59. The Morgan fingerprint density at radius 2 is 2.06 bits per heavy atom. The fourth-order valence-electron chi connectivity index (χ4n) is 4.84. The molecule has 2 heterocycles. The second-order valence-electron chi connectivity index (χ2n) is 10.3. The molecule has 2 amide bonds. The second kappa shape index (κ2) is 10.3. The van der Waals surface area contributed by atoms with Gasteiger partial charge >= 0.3 is 0 Å². The first-order chi connectivity index (χ1) is 14.7. The van der Waals surface area contributed by atoms with Gasteiger partial charge in [0.05, 0.1) is 48.7 Å². The summed E-state index contributed by atoms with van der Waals surface area (Å²) in [6, 6.07) is 7.56. The molecule has 1 unspecified atom stereocenters. The number of para-hydroxylation sites is 1. The molecule has 3 rings (SSSR count). The van der Waals surface area contributed by atoms with Crippen LogP contribution in [0.2, 0.25) is 5.02 Å². The highest BCUT2D eigenvalue weighted by Gasteiger charge is 2.44. The third kappa shape index (κ3) is 6.21. The van der Waals surface area contributed by atoms with Crippen LogP contribution in [-0.2, 0) is 9.59 Å². The number of hydrogen-bond donors (Lipinski definition) is 3. The Kier molecular flexibility index (Phi) is 8.00. The molecule has 172 valence electrons. The molecule has 2 fully saturated rings. The summed E-state index contributed by atoms with van der Waals surface area (Å²) < 4.78 is 0. The lowest BCUT2D eigenvalue weighted by Gasteiger charge is -2.45. The van der Waals surface area contributed by atoms with Gasteiger partial charge in [-0.05, 0) is 44.7 Å². The standard InChI is InChI=1S/C24H37ClN4O2/c1-17(2)9-10-27-23(31)19-11-18(12-26-13-19)14-28-15-22(30)29(16-24(28,3)4)21-8-6-5-7-20(21)25/h5-8,17-19,26H,9-16H2,1-4H3,(H,27,31)/p+2/t18-,19+/m1/s1. The Morgan fingerprint density at radius 1 is 1.32 bits per heavy atom. The van der Waals surface area contributed by atoms with E-state index in [9.17, 15) is 9.59 Å². The molecule has 6 nitrogen and oxygen atoms in total. The van der Waals surface area contributed by atoms with E-state index >= 15 is 0 Å². The maximum atomic E-state index is 13.0. The van der Waals surface area contributed by atoms with E-state index in [1.807, 2.05) is 29.2 Å². The molecule has 2 aliphatic heterocycles. The summed E-state index contributed by atoms with van der Waals surface area (Å²) in [6.07, 6.45) is 1.92. The number of rotatable bonds is 7. The number of amides is 2. The number of anilines is 1. The zero-order valence-corrected chi connectivity index (χ0v) is 20.2. The van der Waals surface area contributed by atoms with Gasteiger partial charge in [0, 0.05) is 6.54 Å². The number of halogens is 1. The Morgan fingerprint density at radius 3 is 2.77 bits per heavy atom. The third-order valence-electron chi connectivity index (χ3n) is 6.82. The van der Waals surface area contributed by atoms with Gasteiger partial charge in [0.2, 0.25) is 5.91 Å². The van der Waals surface area contributed by atoms with E-state index in [0.717, 1.165) is 44.7 Å². The minimum atomic E-state index is -0.0838. The Labute approximate surface area is 191 Å². The van der Waals surface area contributed by atoms with Gasteiger partial charge in [-0.2, -0.15) is 0 Å². The molecule has 31 heavy (non-hydrogen) atoms. The lowest BCUT2D eigenvalue weighted by atomic mass is 9.87. The van der Waals surface area contributed by atoms with Crippen molar-refractivity contribution in [3.05, 3.63) is 29.3 Å². The van der Waals surface area contributed by atoms with Gasteiger partial charge in [0.15, 0.2) is 6.54 Å². The highest BCUT2D eigenvalue weighted by atomic mass is 35.5. The normalized spacial score (nSPS) is 26.2. The highest BCUT2D eigenvalue weighted by Crippen LogP contribution is 2.27. The van der Waals surface area contributed by atoms with Crippen molar-refractivity contribution < 1.29 is 19.8 Å². The molecule has 0 saturated carbocycles. The van der Waals surface area contributed by atoms with Crippen LogP contribution >= 0.6 is 11.6 Å². The predicted molar refractivity (Wildman–Crippen MR) is 124 cm³/mol. The van der Waals surface area contributed by atoms with Crippen LogP contribution in [0.25, 0.3) is 0 Å². The average molecular weight is 451 g/mol. The number of nitrogens with two attached hydrogens (primary N) is 1. The molecular formula is C24H39ClN4O2+2. The van der Waals surface area contributed by atoms with Crippen LogP contribution in [0.15, 0.2) is 24.3 Å². The van der Waals surface area contributed by atoms with Crippen LogP contribution in [0.1, 0.15) is 40.5 Å². The molecule has 0 spiro atoms. The summed E-state index contributed by atoms with van der Waals surface area (Å²) in [6.45, 7) is 13.5. The molecule has 1 aromatic carbocycles. The van der Waals surface area contributed by atoms with E-state index in [1.165, 1.54) is 4.90 Å². The van der Waals surface area contributed by atoms with Crippen LogP contribution in [-0.4, -0.2) is 56.6 Å². The smallest absolute Gasteiger partial charge is 0.282 e. The topological polar surface area (TPSA) is 70.5 Å². The fraction of sp³-hybridized carbons (Fsp3) is 0.667. The van der Waals surface area contributed by atoms with Gasteiger partial charge in [-0.15, -0.1) is 0 Å². The molecule has 0 aromatic heterocycles. The van der Waals surface area contributed by atoms with E-state index in [0.29, 0.717) is 29.9 Å². The number of carbonyl (C=O) groups excluding carboxylic acids is 2. The van der Waals surface area contributed by atoms with E-state index in [1.54, 1.807) is 0 Å². The zero-order chi connectivity index (χ0) is 22.6. The van der Waals surface area contributed by atoms with Crippen molar-refractivity contribution in [1.29, 1.82) is 0 Å². The van der Waals surface area contributed by atoms with Gasteiger partial charge in [0.1, 0.15) is 5.54 Å². The summed E-state index contributed by atoms with van der Waals surface area (Å²) in [5, 5.41) is 6.01. The van der Waals surface area contributed by atoms with Crippen LogP contribution in [0.4, 0.5) is 5.69 Å². The first-order valence-corrected chi connectivity index (χ1v) is 12.0. The lowest BCUT2D eigenvalue weighted by Crippen LogP contribution is -3.23. The lowest BCUT2D eigenvalue weighted by molar-refractivity contribution is -0.947. The van der Waals surface area contributed by atoms with Gasteiger partial charge in [-0.3, -0.25) is 14.5 Å². The number of piperidine rings is 1. The van der Waals surface area contributed by atoms with Crippen molar-refractivity contribution in [3.63, 3.8) is 0 Å². The second-order valence-corrected chi connectivity index (χ2v) is 10.7. The molecular weight excluding hydrogens is 412 g/mol. The van der Waals surface area contributed by atoms with Crippen molar-refractivity contribution in [2.75, 3.05) is 44.2 Å². The first kappa shape index (κ1) is 24.0. The fourth-order valence-corrected chi connectivity index (χ4v) is 5.07. The van der Waals surface area contributed by atoms with Crippen LogP contribution in [0, 0.1) is 17.8 Å². The van der Waals surface area contributed by atoms with E-state index in [-0.39, 0.29) is 23.3 Å². The molecule has 0 radical (unpaired) electrons. The van der Waals surface area contributed by atoms with Crippen molar-refractivity contribution >= 4 is 29.1 Å². The number of nitrogens with one attached hydrogen (secondary N) is 2. The molecule has 4 N–H and O–H groups in total. The van der Waals surface area contributed by atoms with Crippen molar-refractivity contribution in [1.82, 2.24) is 5.32 Å². The SMILES string of the molecule is CC(C)CCNC(=O)[C@@H]1C[NH2+]C[C@H](C[NH+]2CC(=O)N(c3ccccc3Cl)CC2(C)C)C1. The monoisotopic (exact) mass is 450 g/mol. The molecule has 2 aliphatic rings. The maximum Gasteiger partial charge on any atom is 0.282 e. The Bertz CT molecular complexity index is 783. The minimum absolute atomic E-state index is 0.0635. The molecule has 2 saturated heterocycles. The third-order valence-corrected chi connectivity index (χ3v) is 7.13. The van der Waals surface area contributed by atoms with Crippen LogP contribution in [0.3, 0.4) is 0 Å². The first-order valence-electron chi connectivity index (χ1n) is 11.7. The van der Waals surface area contributed by atoms with Crippen LogP contribution in [0.5, 0.6) is 0 Å². The number of nitrogens with zero attached hydrogens (tertiary/aromatic N) is 1. The molecule has 0 aliphatic carbocycles. The van der Waals surface area contributed by atoms with Crippen molar-refractivity contribution in [2.24, 2.45) is 17.8 Å². The van der Waals surface area contributed by atoms with E-state index in [2.05, 4.69) is 38.3 Å². The maximum absolute atomic E-state index is 13.0. The molecule has 1 aromatic rings. The van der Waals surface area contributed by atoms with Crippen molar-refractivity contribution in [2.45, 2.75) is 46.1 Å². The highest BCUT2D eigenvalue weighted by molar-refractivity contribution is 6.33. The predicted octanol–water partition coefficient (Wildman–Crippen LogP) is 0.712. The summed E-state index contributed by atoms with van der Waals surface area (Å²) >= 11 is 6.36. The minimum Gasteiger partial charge on any atom is -0.356 e. The quantitative estimate of drug-likeness (QED) is 0.572. The molecule has 3 atom stereocenters.